The average Bonchev–Trinajstić information content (AvgIpc) is 0.898. The Kier molecular flexibility index (Phi) is 45.1. The van der Waals surface area contributed by atoms with E-state index in [1.165, 1.54) is 11.1 Å². The summed E-state index contributed by atoms with van der Waals surface area (Å²) in [5.74, 6) is -10.4. The van der Waals surface area contributed by atoms with Crippen molar-refractivity contribution in [3.05, 3.63) is 71.9 Å². The molecule has 692 valence electrons. The van der Waals surface area contributed by atoms with Crippen molar-refractivity contribution in [2.75, 3.05) is 197 Å². The van der Waals surface area contributed by atoms with E-state index in [0.717, 1.165) is 13.0 Å². The van der Waals surface area contributed by atoms with Crippen LogP contribution in [0.25, 0.3) is 10.9 Å². The number of nitrogens with zero attached hydrogens (tertiary/aromatic N) is 9. The van der Waals surface area contributed by atoms with E-state index in [1.54, 1.807) is 74.2 Å². The summed E-state index contributed by atoms with van der Waals surface area (Å²) in [6.45, 7) is 4.98. The summed E-state index contributed by atoms with van der Waals surface area (Å²) < 4.78 is 28.7. The maximum absolute atomic E-state index is 14.1. The topological polar surface area (TPSA) is 604 Å². The van der Waals surface area contributed by atoms with Crippen molar-refractivity contribution >= 4 is 106 Å². The molecule has 17 N–H and O–H groups in total. The quantitative estimate of drug-likeness (QED) is 0.0143. The highest BCUT2D eigenvalue weighted by molar-refractivity contribution is 6.07. The molecule has 0 bridgehead atoms. The average molecular weight is 1770 g/mol. The predicted molar refractivity (Wildman–Crippen MR) is 452 cm³/mol. The summed E-state index contributed by atoms with van der Waals surface area (Å²) in [7, 11) is 0. The molecule has 4 fully saturated rings. The van der Waals surface area contributed by atoms with Gasteiger partial charge < -0.3 is 113 Å². The number of carbonyl (C=O) groups excluding carboxylic acids is 12. The van der Waals surface area contributed by atoms with Gasteiger partial charge in [0.1, 0.15) is 42.0 Å². The lowest BCUT2D eigenvalue weighted by Gasteiger charge is -2.34. The Balaban J connectivity index is 0.784. The molecule has 4 aliphatic heterocycles. The molecule has 12 amide bonds. The number of pyridine rings is 1. The van der Waals surface area contributed by atoms with Gasteiger partial charge >= 0.3 is 17.9 Å². The maximum atomic E-state index is 14.1. The van der Waals surface area contributed by atoms with Crippen LogP contribution in [0.15, 0.2) is 65.8 Å². The molecule has 6 atom stereocenters. The third-order valence-electron chi connectivity index (χ3n) is 20.9. The Labute approximate surface area is 729 Å². The Hall–Kier alpha value is -11.9. The van der Waals surface area contributed by atoms with E-state index in [1.807, 2.05) is 0 Å². The van der Waals surface area contributed by atoms with Crippen LogP contribution in [0.3, 0.4) is 0 Å². The zero-order valence-electron chi connectivity index (χ0n) is 71.0. The summed E-state index contributed by atoms with van der Waals surface area (Å²) >= 11 is 0. The molecule has 1 aromatic heterocycles. The van der Waals surface area contributed by atoms with Gasteiger partial charge in [0.15, 0.2) is 5.96 Å². The van der Waals surface area contributed by atoms with E-state index < -0.39 is 120 Å². The van der Waals surface area contributed by atoms with E-state index in [-0.39, 0.29) is 226 Å². The SMILES string of the molecule is N#C[C@@H]1CCCN1C(=O)CNC(=O)c1ccnc2ccc(OCCCN3CCN(C(=O)CCOCCOCCNC(=O)C(CCC(=O)NCCOCCOCCC(=O)NCCCC[C@@H]4NC(=O)[C@@H](Cc5ccccc5)NC(=O)[C@H](CC(=O)O)NC(=O)CNC(=O)[C@H](CCCN=C(N)N)NC4=O)NC(=O)CN4CCN(CC(=O)O)CCN(CC(=O)O)CC4)CC3)cc12. The zero-order valence-corrected chi connectivity index (χ0v) is 71.0. The normalized spacial score (nSPS) is 18.8. The number of carboxylic acids is 3. The number of rotatable bonds is 50. The number of fused-ring (bicyclic) bond motifs is 1. The van der Waals surface area contributed by atoms with Gasteiger partial charge in [0.05, 0.1) is 122 Å². The number of nitrogens with two attached hydrogens (primary N) is 2. The monoisotopic (exact) mass is 1770 g/mol. The number of amides is 12. The molecule has 44 heteroatoms. The zero-order chi connectivity index (χ0) is 91.0. The van der Waals surface area contributed by atoms with Crippen LogP contribution in [0.1, 0.15) is 99.4 Å². The minimum atomic E-state index is -1.66. The van der Waals surface area contributed by atoms with Crippen molar-refractivity contribution in [2.45, 2.75) is 126 Å². The van der Waals surface area contributed by atoms with Gasteiger partial charge in [0.2, 0.25) is 65.0 Å². The van der Waals surface area contributed by atoms with Crippen LogP contribution in [-0.4, -0.2) is 378 Å². The number of hydrogen-bond acceptors (Lipinski definition) is 27. The second-order valence-electron chi connectivity index (χ2n) is 30.5. The minimum Gasteiger partial charge on any atom is -0.494 e. The number of unbranched alkanes of at least 4 members (excludes halogenated alkanes) is 1. The Morgan fingerprint density at radius 2 is 1.15 bits per heavy atom. The number of nitriles is 1. The van der Waals surface area contributed by atoms with E-state index >= 15 is 0 Å². The van der Waals surface area contributed by atoms with Gasteiger partial charge in [0, 0.05) is 136 Å². The smallest absolute Gasteiger partial charge is 0.317 e. The third-order valence-corrected chi connectivity index (χ3v) is 20.9. The van der Waals surface area contributed by atoms with Crippen molar-refractivity contribution in [3.8, 4) is 11.8 Å². The fourth-order valence-electron chi connectivity index (χ4n) is 14.2. The molecule has 4 aliphatic rings. The predicted octanol–water partition coefficient (Wildman–Crippen LogP) is -5.05. The second-order valence-corrected chi connectivity index (χ2v) is 30.5. The first-order valence-corrected chi connectivity index (χ1v) is 42.5. The van der Waals surface area contributed by atoms with Gasteiger partial charge in [0.25, 0.3) is 5.91 Å². The molecule has 5 heterocycles. The van der Waals surface area contributed by atoms with E-state index in [0.29, 0.717) is 86.4 Å². The van der Waals surface area contributed by atoms with Crippen LogP contribution >= 0.6 is 0 Å². The number of aromatic nitrogens is 1. The van der Waals surface area contributed by atoms with Crippen LogP contribution in [0, 0.1) is 11.3 Å². The van der Waals surface area contributed by atoms with Gasteiger partial charge in [-0.3, -0.25) is 101 Å². The van der Waals surface area contributed by atoms with Crippen LogP contribution in [0.2, 0.25) is 0 Å². The number of guanidine groups is 1. The highest BCUT2D eigenvalue weighted by Crippen LogP contribution is 2.24. The van der Waals surface area contributed by atoms with Gasteiger partial charge in [-0.05, 0) is 87.6 Å². The summed E-state index contributed by atoms with van der Waals surface area (Å²) in [5, 5.41) is 64.9. The Morgan fingerprint density at radius 1 is 0.563 bits per heavy atom. The van der Waals surface area contributed by atoms with E-state index in [4.69, 9.17) is 35.2 Å². The van der Waals surface area contributed by atoms with Gasteiger partial charge in [-0.1, -0.05) is 30.3 Å². The van der Waals surface area contributed by atoms with Crippen molar-refractivity contribution < 1.29 is 111 Å². The van der Waals surface area contributed by atoms with Crippen LogP contribution in [0.4, 0.5) is 0 Å². The van der Waals surface area contributed by atoms with Crippen molar-refractivity contribution in [1.29, 1.82) is 5.26 Å². The number of aliphatic carboxylic acids is 3. The molecule has 0 aliphatic carbocycles. The lowest BCUT2D eigenvalue weighted by molar-refractivity contribution is -0.141. The molecule has 126 heavy (non-hydrogen) atoms. The molecule has 0 saturated carbocycles. The molecule has 2 aromatic carbocycles. The molecule has 0 radical (unpaired) electrons. The van der Waals surface area contributed by atoms with Gasteiger partial charge in [-0.2, -0.15) is 5.26 Å². The third kappa shape index (κ3) is 38.7. The number of likely N-dealkylation sites (tertiary alicyclic amines) is 1. The molecule has 7 rings (SSSR count). The Bertz CT molecular complexity index is 4140. The number of ether oxygens (including phenoxy) is 5. The van der Waals surface area contributed by atoms with Gasteiger partial charge in [-0.25, -0.2) is 0 Å². The highest BCUT2D eigenvalue weighted by atomic mass is 16.5. The lowest BCUT2D eigenvalue weighted by Crippen LogP contribution is -2.58. The number of benzene rings is 2. The summed E-state index contributed by atoms with van der Waals surface area (Å²) in [6, 6.07) is 10.3. The minimum absolute atomic E-state index is 0.0153. The molecular weight excluding hydrogens is 1650 g/mol. The van der Waals surface area contributed by atoms with Crippen LogP contribution < -0.4 is 69.4 Å². The van der Waals surface area contributed by atoms with Crippen molar-refractivity contribution in [2.24, 2.45) is 16.5 Å². The first kappa shape index (κ1) is 101. The molecule has 1 unspecified atom stereocenters. The number of hydrogen-bond donors (Lipinski definition) is 15. The molecule has 3 aromatic rings. The number of nitrogens with one attached hydrogen (secondary N) is 10. The van der Waals surface area contributed by atoms with Crippen LogP contribution in [0.5, 0.6) is 5.75 Å². The first-order valence-electron chi connectivity index (χ1n) is 42.5. The largest absolute Gasteiger partial charge is 0.494 e. The van der Waals surface area contributed by atoms with E-state index in [9.17, 15) is 92.5 Å². The molecule has 44 nitrogen and oxygen atoms in total. The number of aliphatic imine (C=N–C) groups is 1. The Morgan fingerprint density at radius 3 is 1.80 bits per heavy atom. The highest BCUT2D eigenvalue weighted by Gasteiger charge is 2.35. The summed E-state index contributed by atoms with van der Waals surface area (Å²) in [5.41, 5.74) is 12.5. The molecular formula is C82H121N21O23. The molecule has 4 saturated heterocycles. The standard InChI is InChI=1S/C82H121N21O23/c83-50-57-11-7-27-103(57)72(109)52-92-76(116)59-18-23-86-61-15-14-58(48-60(59)61)126-38-8-26-98-34-36-102(37-35-98)71(108)20-40-123-44-46-125-42-25-89-77(117)64(93-70(107)53-99-28-30-100(54-74(112)113)32-33-101(31-29-99)55-75(114)115)16-17-67(104)88-24-41-124-45-43-122-39-19-68(105)87-21-5-4-12-63-79(119)95-62(13-6-22-90-82(84)85)78(118)91-51-69(106)94-66(49-73(110)111)81(121)97-65(80(120)96-63)47-56-9-2-1-3-10-56/h1-3,9-10,14-15,18,23,48,57,62-66H,4-8,11-13,16-17,19-22,24-47,49,51-55H2,(H,87,105)(H,88,104)(H,89,117)(H,91,118)(H,92,116)(H,93,107)(H,94,106)(H,95,119)(H,96,120)(H,97,121)(H,110,111)(H,112,113)(H,114,115)(H4,84,85,90)/t57-,62-,63-,64?,65+,66-/m0/s1. The van der Waals surface area contributed by atoms with Crippen LogP contribution in [-0.2, 0) is 92.5 Å². The summed E-state index contributed by atoms with van der Waals surface area (Å²) in [4.78, 5) is 215. The lowest BCUT2D eigenvalue weighted by atomic mass is 10.0. The van der Waals surface area contributed by atoms with Crippen molar-refractivity contribution in [1.82, 2.24) is 87.6 Å². The summed E-state index contributed by atoms with van der Waals surface area (Å²) in [6.07, 6.45) is 3.14. The second kappa shape index (κ2) is 56.2. The number of carboxylic acid groups (broad SMARTS) is 3. The fourth-order valence-corrected chi connectivity index (χ4v) is 14.2. The first-order chi connectivity index (χ1) is 60.7. The molecule has 0 spiro atoms. The fraction of sp³-hybridized carbons (Fsp3) is 0.610. The van der Waals surface area contributed by atoms with Gasteiger partial charge in [-0.15, -0.1) is 0 Å². The number of piperazine rings is 1. The van der Waals surface area contributed by atoms with E-state index in [2.05, 4.69) is 74.1 Å². The number of carbonyl (C=O) groups is 15. The van der Waals surface area contributed by atoms with Crippen molar-refractivity contribution in [3.63, 3.8) is 0 Å². The maximum Gasteiger partial charge on any atom is 0.317 e.